The second-order valence-electron chi connectivity index (χ2n) is 0.224. The molecular formula is NO3-2. The van der Waals surface area contributed by atoms with Crippen molar-refractivity contribution in [2.24, 2.45) is 0 Å². The molecule has 0 saturated carbocycles. The molecule has 0 bridgehead atoms. The monoisotopic (exact) mass is 62.0 g/mol. The molecule has 25 valence electrons. The minimum Gasteiger partial charge on any atom is -0.772 e. The van der Waals surface area contributed by atoms with Gasteiger partial charge in [-0.25, -0.2) is 0 Å². The maximum absolute atomic E-state index is 8.25. The van der Waals surface area contributed by atoms with E-state index in [1.54, 1.807) is 0 Å². The van der Waals surface area contributed by atoms with E-state index in [0.717, 1.165) is 0 Å². The lowest BCUT2D eigenvalue weighted by Crippen LogP contribution is -1.91. The van der Waals surface area contributed by atoms with Crippen LogP contribution < -0.4 is 0 Å². The standard InChI is InChI=1S/NO3/c2-1(3)4/q-2. The Hall–Kier alpha value is -0.160. The van der Waals surface area contributed by atoms with Crippen molar-refractivity contribution in [3.05, 3.63) is 10.4 Å². The summed E-state index contributed by atoms with van der Waals surface area (Å²) in [5.74, 6) is 0. The smallest absolute Gasteiger partial charge is 0.148 e. The molecule has 0 aliphatic heterocycles. The van der Waals surface area contributed by atoms with Crippen LogP contribution in [-0.4, -0.2) is 5.39 Å². The summed E-state index contributed by atoms with van der Waals surface area (Å²) in [7, 11) is 0. The Bertz CT molecular complexity index is 8.00. The van der Waals surface area contributed by atoms with Gasteiger partial charge in [0.25, 0.3) is 0 Å². The SMILES string of the molecule is [O]N([O-])[O-]. The zero-order chi connectivity index (χ0) is 3.58. The zero-order valence-corrected chi connectivity index (χ0v) is 1.67. The van der Waals surface area contributed by atoms with E-state index < -0.39 is 5.39 Å². The first-order valence-electron chi connectivity index (χ1n) is 0.548. The lowest BCUT2D eigenvalue weighted by molar-refractivity contribution is -0.0676. The van der Waals surface area contributed by atoms with E-state index in [1.807, 2.05) is 0 Å². The molecular weight excluding hydrogens is 62.0 g/mol. The molecule has 1 radical (unpaired) electrons. The van der Waals surface area contributed by atoms with Crippen molar-refractivity contribution in [1.29, 1.82) is 0 Å². The molecule has 4 nitrogen and oxygen atoms in total. The van der Waals surface area contributed by atoms with Gasteiger partial charge in [-0.2, -0.15) is 0 Å². The lowest BCUT2D eigenvalue weighted by Gasteiger charge is -2.20. The summed E-state index contributed by atoms with van der Waals surface area (Å²) >= 11 is 0. The number of rotatable bonds is 0. The average molecular weight is 62.0 g/mol. The molecule has 0 unspecified atom stereocenters. The van der Waals surface area contributed by atoms with Crippen molar-refractivity contribution in [2.45, 2.75) is 0 Å². The highest BCUT2D eigenvalue weighted by Gasteiger charge is 1.33. The van der Waals surface area contributed by atoms with Gasteiger partial charge in [-0.1, -0.05) is 0 Å². The minimum absolute atomic E-state index is 1.75. The van der Waals surface area contributed by atoms with Crippen LogP contribution in [0.15, 0.2) is 0 Å². The van der Waals surface area contributed by atoms with E-state index >= 15 is 0 Å². The van der Waals surface area contributed by atoms with Crippen LogP contribution in [0.4, 0.5) is 0 Å². The van der Waals surface area contributed by atoms with Crippen LogP contribution in [0.2, 0.25) is 0 Å². The highest BCUT2D eigenvalue weighted by Crippen LogP contribution is 1.57. The van der Waals surface area contributed by atoms with Crippen LogP contribution in [-0.2, 0) is 5.21 Å². The van der Waals surface area contributed by atoms with Gasteiger partial charge in [-0.05, 0) is 0 Å². The fourth-order valence-electron chi connectivity index (χ4n) is 0. The third-order valence-electron chi connectivity index (χ3n) is 0. The molecule has 0 N–H and O–H groups in total. The fourth-order valence-corrected chi connectivity index (χ4v) is 0. The van der Waals surface area contributed by atoms with Crippen molar-refractivity contribution >= 4 is 0 Å². The highest BCUT2D eigenvalue weighted by molar-refractivity contribution is 4.29. The third kappa shape index (κ3) is 50.7. The van der Waals surface area contributed by atoms with Gasteiger partial charge in [-0.3, -0.25) is 0 Å². The lowest BCUT2D eigenvalue weighted by atomic mass is 13.0. The maximum atomic E-state index is 8.25. The van der Waals surface area contributed by atoms with E-state index in [2.05, 4.69) is 0 Å². The first kappa shape index (κ1) is 3.84. The predicted molar refractivity (Wildman–Crippen MR) is 9.26 cm³/mol. The van der Waals surface area contributed by atoms with Crippen LogP contribution >= 0.6 is 0 Å². The molecule has 0 aliphatic carbocycles. The summed E-state index contributed by atoms with van der Waals surface area (Å²) in [6, 6.07) is 0. The Morgan fingerprint density at radius 1 is 1.50 bits per heavy atom. The quantitative estimate of drug-likeness (QED) is 0.359. The van der Waals surface area contributed by atoms with E-state index in [0.29, 0.717) is 0 Å². The van der Waals surface area contributed by atoms with E-state index in [-0.39, 0.29) is 0 Å². The molecule has 0 rings (SSSR count). The Balaban J connectivity index is 2.32. The molecule has 0 saturated heterocycles. The molecule has 0 fully saturated rings. The third-order valence-corrected chi connectivity index (χ3v) is 0. The predicted octanol–water partition coefficient (Wildman–Crippen LogP) is -0.371. The molecule has 4 heavy (non-hydrogen) atoms. The summed E-state index contributed by atoms with van der Waals surface area (Å²) in [6.45, 7) is 0. The van der Waals surface area contributed by atoms with Crippen LogP contribution in [0.3, 0.4) is 0 Å². The maximum Gasteiger partial charge on any atom is -0.148 e. The van der Waals surface area contributed by atoms with Gasteiger partial charge in [0.1, 0.15) is 0 Å². The number of hydrogen-bond donors (Lipinski definition) is 0. The molecule has 0 aliphatic rings. The van der Waals surface area contributed by atoms with E-state index in [1.165, 1.54) is 0 Å². The zero-order valence-electron chi connectivity index (χ0n) is 1.67. The molecule has 0 aromatic heterocycles. The Morgan fingerprint density at radius 2 is 1.50 bits per heavy atom. The molecule has 0 heterocycles. The van der Waals surface area contributed by atoms with Crippen molar-refractivity contribution < 1.29 is 5.21 Å². The van der Waals surface area contributed by atoms with Crippen LogP contribution in [0.5, 0.6) is 0 Å². The van der Waals surface area contributed by atoms with Crippen molar-refractivity contribution in [3.63, 3.8) is 0 Å². The van der Waals surface area contributed by atoms with Gasteiger partial charge in [0.15, 0.2) is 0 Å². The normalized spacial score (nSPS) is 9.00. The Kier molecular flexibility index (Phi) is 1.14. The van der Waals surface area contributed by atoms with Gasteiger partial charge in [-0.15, -0.1) is 5.21 Å². The summed E-state index contributed by atoms with van der Waals surface area (Å²) in [5, 5.41) is 23.0. The molecule has 0 amide bonds. The summed E-state index contributed by atoms with van der Waals surface area (Å²) < 4.78 is 0. The Labute approximate surface area is 22.4 Å². The van der Waals surface area contributed by atoms with Crippen LogP contribution in [0.25, 0.3) is 0 Å². The van der Waals surface area contributed by atoms with E-state index in [9.17, 15) is 0 Å². The second-order valence-corrected chi connectivity index (χ2v) is 0.224. The number of hydrogen-bond acceptors (Lipinski definition) is 3. The average Bonchev–Trinajstić information content (AvgIpc) is 0.811. The molecule has 0 atom stereocenters. The van der Waals surface area contributed by atoms with Gasteiger partial charge in [0.2, 0.25) is 0 Å². The van der Waals surface area contributed by atoms with Crippen molar-refractivity contribution in [2.75, 3.05) is 0 Å². The Morgan fingerprint density at radius 3 is 1.50 bits per heavy atom. The molecule has 0 aromatic carbocycles. The molecule has 4 heteroatoms. The van der Waals surface area contributed by atoms with Crippen molar-refractivity contribution in [3.8, 4) is 0 Å². The van der Waals surface area contributed by atoms with E-state index in [4.69, 9.17) is 15.6 Å². The number of nitrogens with zero attached hydrogens (tertiary/aromatic N) is 1. The summed E-state index contributed by atoms with van der Waals surface area (Å²) in [5.41, 5.74) is 0. The van der Waals surface area contributed by atoms with Gasteiger partial charge >= 0.3 is 0 Å². The summed E-state index contributed by atoms with van der Waals surface area (Å²) in [4.78, 5) is 0. The first-order valence-corrected chi connectivity index (χ1v) is 0.548. The topological polar surface area (TPSA) is 69.3 Å². The largest absolute Gasteiger partial charge is 0.772 e. The van der Waals surface area contributed by atoms with Gasteiger partial charge in [0.05, 0.1) is 0 Å². The highest BCUT2D eigenvalue weighted by atomic mass is 17.0. The van der Waals surface area contributed by atoms with Crippen LogP contribution in [0, 0.1) is 10.4 Å². The van der Waals surface area contributed by atoms with Gasteiger partial charge in [0, 0.05) is 0 Å². The fraction of sp³-hybridized carbons (Fsp3) is 0. The molecule has 0 aromatic rings. The minimum atomic E-state index is -1.75. The first-order chi connectivity index (χ1) is 1.73. The molecule has 0 spiro atoms. The summed E-state index contributed by atoms with van der Waals surface area (Å²) in [6.07, 6.45) is 0. The second kappa shape index (κ2) is 1.19. The van der Waals surface area contributed by atoms with Crippen LogP contribution in [0.1, 0.15) is 0 Å². The van der Waals surface area contributed by atoms with Gasteiger partial charge < -0.3 is 15.8 Å². The van der Waals surface area contributed by atoms with Crippen molar-refractivity contribution in [1.82, 2.24) is 5.39 Å².